The molecule has 1 amide bonds. The first-order valence-electron chi connectivity index (χ1n) is 10.9. The molecule has 0 radical (unpaired) electrons. The molecule has 174 valence electrons. The topological polar surface area (TPSA) is 51.7 Å². The Kier molecular flexibility index (Phi) is 7.06. The summed E-state index contributed by atoms with van der Waals surface area (Å²) in [7, 11) is 1.59. The SMILES string of the molecule is COc1c(C)cnc(CN(C(=O)OC(C)(C)C)c2cc(-c3ccccc3C)ccc2F)c1C. The van der Waals surface area contributed by atoms with Crippen molar-refractivity contribution in [1.82, 2.24) is 4.98 Å². The molecule has 2 aromatic carbocycles. The van der Waals surface area contributed by atoms with Gasteiger partial charge in [0, 0.05) is 17.3 Å². The van der Waals surface area contributed by atoms with Crippen LogP contribution in [0.25, 0.3) is 11.1 Å². The molecule has 0 saturated heterocycles. The highest BCUT2D eigenvalue weighted by atomic mass is 19.1. The van der Waals surface area contributed by atoms with Gasteiger partial charge in [-0.2, -0.15) is 0 Å². The first-order chi connectivity index (χ1) is 15.5. The standard InChI is InChI=1S/C27H31FN2O3/c1-17-10-8-9-11-21(17)20-12-13-22(28)24(14-20)30(26(31)33-27(4,5)6)16-23-19(3)25(32-7)18(2)15-29-23/h8-15H,16H2,1-7H3. The Morgan fingerprint density at radius 3 is 2.39 bits per heavy atom. The van der Waals surface area contributed by atoms with Gasteiger partial charge >= 0.3 is 6.09 Å². The lowest BCUT2D eigenvalue weighted by atomic mass is 10.00. The molecule has 0 N–H and O–H groups in total. The lowest BCUT2D eigenvalue weighted by molar-refractivity contribution is 0.0575. The third-order valence-electron chi connectivity index (χ3n) is 5.36. The zero-order valence-corrected chi connectivity index (χ0v) is 20.3. The van der Waals surface area contributed by atoms with Crippen LogP contribution in [0.3, 0.4) is 0 Å². The lowest BCUT2D eigenvalue weighted by Crippen LogP contribution is -2.37. The largest absolute Gasteiger partial charge is 0.496 e. The number of carbonyl (C=O) groups excluding carboxylic acids is 1. The smallest absolute Gasteiger partial charge is 0.415 e. The number of amides is 1. The van der Waals surface area contributed by atoms with E-state index in [1.165, 1.54) is 11.0 Å². The Balaban J connectivity index is 2.12. The number of nitrogens with zero attached hydrogens (tertiary/aromatic N) is 2. The van der Waals surface area contributed by atoms with E-state index in [1.54, 1.807) is 46.2 Å². The highest BCUT2D eigenvalue weighted by molar-refractivity contribution is 5.89. The summed E-state index contributed by atoms with van der Waals surface area (Å²) in [5, 5.41) is 0. The average molecular weight is 451 g/mol. The minimum atomic E-state index is -0.743. The number of benzene rings is 2. The second-order valence-electron chi connectivity index (χ2n) is 9.09. The predicted molar refractivity (Wildman–Crippen MR) is 129 cm³/mol. The van der Waals surface area contributed by atoms with E-state index in [4.69, 9.17) is 9.47 Å². The Labute approximate surface area is 195 Å². The Morgan fingerprint density at radius 1 is 1.06 bits per heavy atom. The third kappa shape index (κ3) is 5.51. The fourth-order valence-electron chi connectivity index (χ4n) is 3.73. The number of carbonyl (C=O) groups is 1. The molecule has 1 aromatic heterocycles. The number of hydrogen-bond acceptors (Lipinski definition) is 4. The summed E-state index contributed by atoms with van der Waals surface area (Å²) in [6, 6.07) is 12.6. The molecule has 0 fully saturated rings. The number of pyridine rings is 1. The number of anilines is 1. The summed E-state index contributed by atoms with van der Waals surface area (Å²) in [5.74, 6) is 0.174. The monoisotopic (exact) mass is 450 g/mol. The maximum Gasteiger partial charge on any atom is 0.415 e. The van der Waals surface area contributed by atoms with Gasteiger partial charge in [-0.1, -0.05) is 30.3 Å². The number of methoxy groups -OCH3 is 1. The summed E-state index contributed by atoms with van der Waals surface area (Å²) < 4.78 is 26.3. The molecule has 0 aliphatic carbocycles. The van der Waals surface area contributed by atoms with Crippen LogP contribution in [-0.2, 0) is 11.3 Å². The molecule has 3 rings (SSSR count). The van der Waals surface area contributed by atoms with Gasteiger partial charge < -0.3 is 9.47 Å². The van der Waals surface area contributed by atoms with E-state index in [2.05, 4.69) is 4.98 Å². The van der Waals surface area contributed by atoms with Gasteiger partial charge in [0.15, 0.2) is 0 Å². The van der Waals surface area contributed by atoms with Crippen molar-refractivity contribution >= 4 is 11.8 Å². The van der Waals surface area contributed by atoms with E-state index in [0.717, 1.165) is 27.8 Å². The molecule has 0 bridgehead atoms. The number of halogens is 1. The average Bonchev–Trinajstić information content (AvgIpc) is 2.73. The van der Waals surface area contributed by atoms with E-state index in [0.29, 0.717) is 11.4 Å². The van der Waals surface area contributed by atoms with Crippen LogP contribution < -0.4 is 9.64 Å². The van der Waals surface area contributed by atoms with Crippen molar-refractivity contribution in [1.29, 1.82) is 0 Å². The Morgan fingerprint density at radius 2 is 1.76 bits per heavy atom. The van der Waals surface area contributed by atoms with Gasteiger partial charge in [-0.15, -0.1) is 0 Å². The molecule has 0 unspecified atom stereocenters. The molecule has 1 heterocycles. The van der Waals surface area contributed by atoms with E-state index >= 15 is 4.39 Å². The van der Waals surface area contributed by atoms with Crippen molar-refractivity contribution in [3.8, 4) is 16.9 Å². The predicted octanol–water partition coefficient (Wildman–Crippen LogP) is 6.76. The normalized spacial score (nSPS) is 11.3. The Bertz CT molecular complexity index is 1170. The summed E-state index contributed by atoms with van der Waals surface area (Å²) >= 11 is 0. The first-order valence-corrected chi connectivity index (χ1v) is 10.9. The zero-order chi connectivity index (χ0) is 24.3. The Hall–Kier alpha value is -3.41. The molecule has 0 spiro atoms. The molecule has 33 heavy (non-hydrogen) atoms. The molecule has 5 nitrogen and oxygen atoms in total. The van der Waals surface area contributed by atoms with Gasteiger partial charge in [0.05, 0.1) is 25.0 Å². The van der Waals surface area contributed by atoms with Crippen LogP contribution in [-0.4, -0.2) is 23.8 Å². The van der Waals surface area contributed by atoms with Crippen molar-refractivity contribution in [3.63, 3.8) is 0 Å². The van der Waals surface area contributed by atoms with Gasteiger partial charge in [-0.05, 0) is 70.4 Å². The quantitative estimate of drug-likeness (QED) is 0.431. The molecular weight excluding hydrogens is 419 g/mol. The molecule has 6 heteroatoms. The van der Waals surface area contributed by atoms with Crippen molar-refractivity contribution in [3.05, 3.63) is 76.9 Å². The molecular formula is C27H31FN2O3. The van der Waals surface area contributed by atoms with Crippen LogP contribution in [0.2, 0.25) is 0 Å². The number of ether oxygens (including phenoxy) is 2. The summed E-state index contributed by atoms with van der Waals surface area (Å²) in [6.45, 7) is 11.1. The molecule has 0 aliphatic rings. The van der Waals surface area contributed by atoms with Crippen LogP contribution in [0.4, 0.5) is 14.9 Å². The van der Waals surface area contributed by atoms with Crippen LogP contribution in [0.5, 0.6) is 5.75 Å². The van der Waals surface area contributed by atoms with Gasteiger partial charge in [0.1, 0.15) is 17.2 Å². The summed E-state index contributed by atoms with van der Waals surface area (Å²) in [4.78, 5) is 19.0. The highest BCUT2D eigenvalue weighted by Gasteiger charge is 2.27. The molecule has 3 aromatic rings. The van der Waals surface area contributed by atoms with Crippen LogP contribution in [0.1, 0.15) is 43.2 Å². The van der Waals surface area contributed by atoms with Gasteiger partial charge in [-0.3, -0.25) is 9.88 Å². The van der Waals surface area contributed by atoms with Gasteiger partial charge in [0.25, 0.3) is 0 Å². The van der Waals surface area contributed by atoms with E-state index in [-0.39, 0.29) is 12.2 Å². The summed E-state index contributed by atoms with van der Waals surface area (Å²) in [6.07, 6.45) is 1.04. The summed E-state index contributed by atoms with van der Waals surface area (Å²) in [5.41, 5.74) is 4.50. The lowest BCUT2D eigenvalue weighted by Gasteiger charge is -2.28. The third-order valence-corrected chi connectivity index (χ3v) is 5.36. The second kappa shape index (κ2) is 9.61. The van der Waals surface area contributed by atoms with E-state index in [9.17, 15) is 4.79 Å². The fourth-order valence-corrected chi connectivity index (χ4v) is 3.73. The van der Waals surface area contributed by atoms with Crippen molar-refractivity contribution < 1.29 is 18.7 Å². The number of rotatable bonds is 5. The maximum atomic E-state index is 15.1. The van der Waals surface area contributed by atoms with Crippen LogP contribution in [0, 0.1) is 26.6 Å². The van der Waals surface area contributed by atoms with E-state index in [1.807, 2.05) is 45.0 Å². The van der Waals surface area contributed by atoms with Crippen molar-refractivity contribution in [2.24, 2.45) is 0 Å². The maximum absolute atomic E-state index is 15.1. The highest BCUT2D eigenvalue weighted by Crippen LogP contribution is 2.32. The van der Waals surface area contributed by atoms with Gasteiger partial charge in [0.2, 0.25) is 0 Å². The van der Waals surface area contributed by atoms with Crippen molar-refractivity contribution in [2.75, 3.05) is 12.0 Å². The van der Waals surface area contributed by atoms with Crippen LogP contribution in [0.15, 0.2) is 48.7 Å². The van der Waals surface area contributed by atoms with Gasteiger partial charge in [-0.25, -0.2) is 9.18 Å². The van der Waals surface area contributed by atoms with Crippen molar-refractivity contribution in [2.45, 2.75) is 53.7 Å². The van der Waals surface area contributed by atoms with E-state index < -0.39 is 17.5 Å². The molecule has 0 atom stereocenters. The minimum absolute atomic E-state index is 0.0333. The number of hydrogen-bond donors (Lipinski definition) is 0. The minimum Gasteiger partial charge on any atom is -0.496 e. The number of aromatic nitrogens is 1. The number of aryl methyl sites for hydroxylation is 2. The molecule has 0 aliphatic heterocycles. The molecule has 0 saturated carbocycles. The zero-order valence-electron chi connectivity index (χ0n) is 20.3. The second-order valence-corrected chi connectivity index (χ2v) is 9.09. The van der Waals surface area contributed by atoms with Crippen LogP contribution >= 0.6 is 0 Å². The fraction of sp³-hybridized carbons (Fsp3) is 0.333. The first kappa shape index (κ1) is 24.2.